The molecule has 152 valence electrons. The summed E-state index contributed by atoms with van der Waals surface area (Å²) in [5.41, 5.74) is 1.43. The summed E-state index contributed by atoms with van der Waals surface area (Å²) < 4.78 is 48.2. The molecule has 0 aromatic heterocycles. The van der Waals surface area contributed by atoms with Crippen LogP contribution >= 0.6 is 11.6 Å². The molecule has 1 fully saturated rings. The zero-order valence-electron chi connectivity index (χ0n) is 15.9. The molecule has 1 aliphatic rings. The summed E-state index contributed by atoms with van der Waals surface area (Å²) in [4.78, 5) is -0.0152. The van der Waals surface area contributed by atoms with Crippen LogP contribution in [0, 0.1) is 0 Å². The number of anilines is 1. The van der Waals surface area contributed by atoms with E-state index in [9.17, 15) is 16.8 Å². The van der Waals surface area contributed by atoms with E-state index in [1.165, 1.54) is 18.2 Å². The molecule has 0 aliphatic heterocycles. The van der Waals surface area contributed by atoms with Crippen LogP contribution in [0.2, 0.25) is 5.02 Å². The quantitative estimate of drug-likeness (QED) is 0.730. The number of hydrogen-bond donors (Lipinski definition) is 1. The number of hydrogen-bond acceptors (Lipinski definition) is 5. The molecule has 1 N–H and O–H groups in total. The third kappa shape index (κ3) is 4.53. The minimum Gasteiger partial charge on any atom is -0.383 e. The van der Waals surface area contributed by atoms with Crippen LogP contribution in [-0.4, -0.2) is 35.9 Å². The van der Waals surface area contributed by atoms with E-state index in [4.69, 9.17) is 11.6 Å². The standard InChI is InChI=1S/C20H24ClNO4S2/c1-27(23,24)17-8-9-18(19(13-17)28(2,25)26)22-14-20(10-3-4-11-20)15-6-5-7-16(21)12-15/h5-9,12-13,22H,3-4,10-11,14H2,1-2H3. The van der Waals surface area contributed by atoms with Crippen molar-refractivity contribution in [2.24, 2.45) is 0 Å². The molecule has 5 nitrogen and oxygen atoms in total. The first kappa shape index (κ1) is 21.1. The van der Waals surface area contributed by atoms with Crippen LogP contribution in [0.4, 0.5) is 5.69 Å². The van der Waals surface area contributed by atoms with E-state index in [1.807, 2.05) is 18.2 Å². The predicted molar refractivity (Wildman–Crippen MR) is 113 cm³/mol. The fourth-order valence-electron chi connectivity index (χ4n) is 3.89. The molecule has 0 saturated heterocycles. The van der Waals surface area contributed by atoms with E-state index in [1.54, 1.807) is 0 Å². The highest BCUT2D eigenvalue weighted by atomic mass is 35.5. The van der Waals surface area contributed by atoms with Gasteiger partial charge in [0, 0.05) is 29.5 Å². The maximum Gasteiger partial charge on any atom is 0.177 e. The Kier molecular flexibility index (Phi) is 5.81. The maximum absolute atomic E-state index is 12.3. The number of nitrogens with one attached hydrogen (secondary N) is 1. The topological polar surface area (TPSA) is 80.3 Å². The monoisotopic (exact) mass is 441 g/mol. The first-order chi connectivity index (χ1) is 13.0. The molecular formula is C20H24ClNO4S2. The van der Waals surface area contributed by atoms with Crippen molar-refractivity contribution >= 4 is 37.0 Å². The van der Waals surface area contributed by atoms with Gasteiger partial charge in [0.05, 0.1) is 15.5 Å². The number of rotatable bonds is 6. The molecule has 3 rings (SSSR count). The van der Waals surface area contributed by atoms with Crippen molar-refractivity contribution in [2.45, 2.75) is 40.9 Å². The predicted octanol–water partition coefficient (Wildman–Crippen LogP) is 4.07. The Morgan fingerprint density at radius 2 is 1.64 bits per heavy atom. The smallest absolute Gasteiger partial charge is 0.177 e. The number of sulfone groups is 2. The minimum atomic E-state index is -3.60. The normalized spacial score (nSPS) is 16.8. The van der Waals surface area contributed by atoms with Crippen molar-refractivity contribution in [3.05, 3.63) is 53.1 Å². The van der Waals surface area contributed by atoms with Gasteiger partial charge in [-0.3, -0.25) is 0 Å². The van der Waals surface area contributed by atoms with Crippen LogP contribution in [-0.2, 0) is 25.1 Å². The van der Waals surface area contributed by atoms with Crippen molar-refractivity contribution in [3.8, 4) is 0 Å². The van der Waals surface area contributed by atoms with Gasteiger partial charge in [0.2, 0.25) is 0 Å². The van der Waals surface area contributed by atoms with Gasteiger partial charge in [-0.1, -0.05) is 36.6 Å². The van der Waals surface area contributed by atoms with E-state index >= 15 is 0 Å². The van der Waals surface area contributed by atoms with E-state index < -0.39 is 19.7 Å². The van der Waals surface area contributed by atoms with Gasteiger partial charge < -0.3 is 5.32 Å². The van der Waals surface area contributed by atoms with E-state index in [0.717, 1.165) is 43.8 Å². The Morgan fingerprint density at radius 1 is 0.964 bits per heavy atom. The summed E-state index contributed by atoms with van der Waals surface area (Å²) in [6.45, 7) is 0.550. The first-order valence-electron chi connectivity index (χ1n) is 9.05. The van der Waals surface area contributed by atoms with Gasteiger partial charge in [0.25, 0.3) is 0 Å². The number of halogens is 1. The Labute approximate surface area is 172 Å². The van der Waals surface area contributed by atoms with Gasteiger partial charge in [0.15, 0.2) is 19.7 Å². The van der Waals surface area contributed by atoms with Crippen LogP contribution in [0.25, 0.3) is 0 Å². The zero-order chi connectivity index (χ0) is 20.6. The average molecular weight is 442 g/mol. The fourth-order valence-corrected chi connectivity index (χ4v) is 5.68. The number of benzene rings is 2. The average Bonchev–Trinajstić information content (AvgIpc) is 3.08. The molecule has 28 heavy (non-hydrogen) atoms. The Morgan fingerprint density at radius 3 is 2.21 bits per heavy atom. The Bertz CT molecular complexity index is 1090. The molecule has 0 radical (unpaired) electrons. The van der Waals surface area contributed by atoms with Crippen molar-refractivity contribution in [3.63, 3.8) is 0 Å². The SMILES string of the molecule is CS(=O)(=O)c1ccc(NCC2(c3cccc(Cl)c3)CCCC2)c(S(C)(=O)=O)c1. The maximum atomic E-state index is 12.3. The molecule has 1 saturated carbocycles. The van der Waals surface area contributed by atoms with Gasteiger partial charge >= 0.3 is 0 Å². The highest BCUT2D eigenvalue weighted by molar-refractivity contribution is 7.91. The van der Waals surface area contributed by atoms with Gasteiger partial charge in [-0.2, -0.15) is 0 Å². The van der Waals surface area contributed by atoms with E-state index in [2.05, 4.69) is 11.4 Å². The summed E-state index contributed by atoms with van der Waals surface area (Å²) in [6.07, 6.45) is 6.31. The summed E-state index contributed by atoms with van der Waals surface area (Å²) in [5.74, 6) is 0. The lowest BCUT2D eigenvalue weighted by Gasteiger charge is -2.31. The third-order valence-electron chi connectivity index (χ3n) is 5.40. The Hall–Kier alpha value is -1.57. The molecule has 0 heterocycles. The van der Waals surface area contributed by atoms with Gasteiger partial charge in [-0.15, -0.1) is 0 Å². The molecule has 0 unspecified atom stereocenters. The summed E-state index contributed by atoms with van der Waals surface area (Å²) in [7, 11) is -7.10. The zero-order valence-corrected chi connectivity index (χ0v) is 18.3. The van der Waals surface area contributed by atoms with Gasteiger partial charge in [0.1, 0.15) is 0 Å². The molecule has 2 aromatic rings. The molecule has 0 atom stereocenters. The second-order valence-electron chi connectivity index (χ2n) is 7.55. The molecule has 8 heteroatoms. The first-order valence-corrected chi connectivity index (χ1v) is 13.2. The van der Waals surface area contributed by atoms with Gasteiger partial charge in [-0.25, -0.2) is 16.8 Å². The van der Waals surface area contributed by atoms with E-state index in [-0.39, 0.29) is 15.2 Å². The molecule has 0 bridgehead atoms. The summed E-state index contributed by atoms with van der Waals surface area (Å²) in [5, 5.41) is 3.96. The molecule has 1 aliphatic carbocycles. The van der Waals surface area contributed by atoms with Crippen molar-refractivity contribution in [2.75, 3.05) is 24.4 Å². The fraction of sp³-hybridized carbons (Fsp3) is 0.400. The largest absolute Gasteiger partial charge is 0.383 e. The van der Waals surface area contributed by atoms with Crippen LogP contribution in [0.5, 0.6) is 0 Å². The van der Waals surface area contributed by atoms with Crippen LogP contribution in [0.3, 0.4) is 0 Å². The van der Waals surface area contributed by atoms with Crippen molar-refractivity contribution in [1.82, 2.24) is 0 Å². The third-order valence-corrected chi connectivity index (χ3v) is 7.88. The van der Waals surface area contributed by atoms with Gasteiger partial charge in [-0.05, 0) is 48.7 Å². The lowest BCUT2D eigenvalue weighted by molar-refractivity contribution is 0.466. The highest BCUT2D eigenvalue weighted by Crippen LogP contribution is 2.42. The molecule has 2 aromatic carbocycles. The molecular weight excluding hydrogens is 418 g/mol. The Balaban J connectivity index is 1.97. The van der Waals surface area contributed by atoms with Crippen LogP contribution in [0.15, 0.2) is 52.3 Å². The van der Waals surface area contributed by atoms with Crippen molar-refractivity contribution in [1.29, 1.82) is 0 Å². The second kappa shape index (κ2) is 7.69. The van der Waals surface area contributed by atoms with E-state index in [0.29, 0.717) is 17.3 Å². The highest BCUT2D eigenvalue weighted by Gasteiger charge is 2.36. The van der Waals surface area contributed by atoms with Crippen LogP contribution in [0.1, 0.15) is 31.2 Å². The molecule has 0 amide bonds. The van der Waals surface area contributed by atoms with Crippen molar-refractivity contribution < 1.29 is 16.8 Å². The minimum absolute atomic E-state index is 0.00494. The summed E-state index contributed by atoms with van der Waals surface area (Å²) in [6, 6.07) is 12.0. The lowest BCUT2D eigenvalue weighted by atomic mass is 9.79. The lowest BCUT2D eigenvalue weighted by Crippen LogP contribution is -2.31. The van der Waals surface area contributed by atoms with Crippen LogP contribution < -0.4 is 5.32 Å². The molecule has 0 spiro atoms. The second-order valence-corrected chi connectivity index (χ2v) is 12.0. The summed E-state index contributed by atoms with van der Waals surface area (Å²) >= 11 is 6.19.